The number of carboxylic acid groups (broad SMARTS) is 1. The van der Waals surface area contributed by atoms with E-state index in [1.165, 1.54) is 64.1 Å². The maximum absolute atomic E-state index is 13.8. The van der Waals surface area contributed by atoms with Crippen LogP contribution in [-0.2, 0) is 28.5 Å². The first-order chi connectivity index (χ1) is 18.8. The molecule has 0 amide bonds. The fourth-order valence-corrected chi connectivity index (χ4v) is 3.89. The lowest BCUT2D eigenvalue weighted by molar-refractivity contribution is -0.139. The molecule has 0 aliphatic heterocycles. The molecular weight excluding hydrogens is 558 g/mol. The molecule has 0 heterocycles. The molecule has 3 aromatic rings. The van der Waals surface area contributed by atoms with E-state index >= 15 is 0 Å². The second-order valence-electron chi connectivity index (χ2n) is 10.2. The van der Waals surface area contributed by atoms with Crippen molar-refractivity contribution in [3.8, 4) is 22.6 Å². The van der Waals surface area contributed by atoms with Crippen LogP contribution >= 0.6 is 0 Å². The van der Waals surface area contributed by atoms with Gasteiger partial charge in [-0.3, -0.25) is 4.79 Å². The molecule has 0 spiro atoms. The third-order valence-corrected chi connectivity index (χ3v) is 5.95. The maximum Gasteiger partial charge on any atom is 0.419 e. The van der Waals surface area contributed by atoms with Crippen LogP contribution in [-0.4, -0.2) is 27.8 Å². The number of rotatable bonds is 7. The molecule has 0 saturated carbocycles. The smallest absolute Gasteiger partial charge is 0.419 e. The first-order valence-electron chi connectivity index (χ1n) is 12.1. The topological polar surface area (TPSA) is 93.1 Å². The van der Waals surface area contributed by atoms with Crippen LogP contribution in [0.2, 0.25) is 0 Å². The standard InChI is InChI=1S/C29H26F6O6/c1-15(25(37)38)17-7-11-20(22(13-17)29(33,34)35)16-5-9-19(10-6-16)40-14-18-8-12-21(28(30,31)32)24(36)23(18)26(39)41-27(2,3)4/h5-13,15,36H,14H2,1-4H3,(H,37,38). The fourth-order valence-electron chi connectivity index (χ4n) is 3.89. The molecule has 0 fully saturated rings. The van der Waals surface area contributed by atoms with E-state index in [1.54, 1.807) is 0 Å². The number of carboxylic acids is 1. The van der Waals surface area contributed by atoms with Crippen LogP contribution in [0.5, 0.6) is 11.5 Å². The predicted molar refractivity (Wildman–Crippen MR) is 136 cm³/mol. The summed E-state index contributed by atoms with van der Waals surface area (Å²) in [5, 5.41) is 19.5. The average Bonchev–Trinajstić information content (AvgIpc) is 2.84. The number of phenolic OH excluding ortho intramolecular Hbond substituents is 1. The van der Waals surface area contributed by atoms with Crippen LogP contribution in [0.4, 0.5) is 26.3 Å². The van der Waals surface area contributed by atoms with E-state index in [0.29, 0.717) is 6.07 Å². The zero-order valence-corrected chi connectivity index (χ0v) is 22.3. The van der Waals surface area contributed by atoms with E-state index in [0.717, 1.165) is 12.1 Å². The normalized spacial score (nSPS) is 13.0. The minimum atomic E-state index is -4.95. The van der Waals surface area contributed by atoms with Gasteiger partial charge < -0.3 is 19.7 Å². The summed E-state index contributed by atoms with van der Waals surface area (Å²) in [5.74, 6) is -4.84. The average molecular weight is 585 g/mol. The number of halogens is 6. The number of aromatic hydroxyl groups is 1. The summed E-state index contributed by atoms with van der Waals surface area (Å²) in [6.07, 6.45) is -9.73. The summed E-state index contributed by atoms with van der Waals surface area (Å²) in [4.78, 5) is 23.9. The number of benzene rings is 3. The van der Waals surface area contributed by atoms with Crippen molar-refractivity contribution in [1.82, 2.24) is 0 Å². The van der Waals surface area contributed by atoms with Gasteiger partial charge in [-0.2, -0.15) is 26.3 Å². The summed E-state index contributed by atoms with van der Waals surface area (Å²) >= 11 is 0. The Bertz CT molecular complexity index is 1440. The number of esters is 1. The monoisotopic (exact) mass is 584 g/mol. The van der Waals surface area contributed by atoms with Gasteiger partial charge in [-0.25, -0.2) is 4.79 Å². The molecule has 0 aliphatic carbocycles. The highest BCUT2D eigenvalue weighted by Gasteiger charge is 2.38. The van der Waals surface area contributed by atoms with Crippen LogP contribution < -0.4 is 4.74 Å². The van der Waals surface area contributed by atoms with Crippen LogP contribution in [0.3, 0.4) is 0 Å². The third-order valence-electron chi connectivity index (χ3n) is 5.95. The highest BCUT2D eigenvalue weighted by Crippen LogP contribution is 2.41. The van der Waals surface area contributed by atoms with Crippen LogP contribution in [0.1, 0.15) is 66.2 Å². The second-order valence-corrected chi connectivity index (χ2v) is 10.2. The van der Waals surface area contributed by atoms with Gasteiger partial charge in [0.1, 0.15) is 29.3 Å². The summed E-state index contributed by atoms with van der Waals surface area (Å²) in [5.41, 5.74) is -4.46. The zero-order chi connectivity index (χ0) is 30.9. The molecule has 0 radical (unpaired) electrons. The molecule has 3 rings (SSSR count). The molecule has 12 heteroatoms. The molecule has 220 valence electrons. The van der Waals surface area contributed by atoms with Gasteiger partial charge in [0.2, 0.25) is 0 Å². The summed E-state index contributed by atoms with van der Waals surface area (Å²) in [6.45, 7) is 5.29. The van der Waals surface area contributed by atoms with E-state index in [9.17, 15) is 41.0 Å². The second kappa shape index (κ2) is 11.3. The Morgan fingerprint density at radius 1 is 0.854 bits per heavy atom. The molecule has 1 unspecified atom stereocenters. The van der Waals surface area contributed by atoms with Crippen LogP contribution in [0.25, 0.3) is 11.1 Å². The van der Waals surface area contributed by atoms with Crippen molar-refractivity contribution in [2.75, 3.05) is 0 Å². The van der Waals surface area contributed by atoms with Gasteiger partial charge in [-0.15, -0.1) is 0 Å². The van der Waals surface area contributed by atoms with Crippen molar-refractivity contribution >= 4 is 11.9 Å². The Morgan fingerprint density at radius 2 is 1.44 bits per heavy atom. The molecule has 0 aliphatic rings. The molecule has 3 aromatic carbocycles. The first kappa shape index (κ1) is 31.3. The van der Waals surface area contributed by atoms with E-state index < -0.39 is 64.9 Å². The lowest BCUT2D eigenvalue weighted by atomic mass is 9.92. The van der Waals surface area contributed by atoms with Crippen LogP contribution in [0, 0.1) is 0 Å². The van der Waals surface area contributed by atoms with Crippen molar-refractivity contribution in [3.05, 3.63) is 82.4 Å². The van der Waals surface area contributed by atoms with Crippen molar-refractivity contribution in [1.29, 1.82) is 0 Å². The van der Waals surface area contributed by atoms with Crippen molar-refractivity contribution in [3.63, 3.8) is 0 Å². The number of carbonyl (C=O) groups is 2. The van der Waals surface area contributed by atoms with Gasteiger partial charge in [-0.1, -0.05) is 30.3 Å². The lowest BCUT2D eigenvalue weighted by Crippen LogP contribution is -2.25. The van der Waals surface area contributed by atoms with Gasteiger partial charge in [0.05, 0.1) is 17.0 Å². The molecular formula is C29H26F6O6. The lowest BCUT2D eigenvalue weighted by Gasteiger charge is -2.22. The molecule has 41 heavy (non-hydrogen) atoms. The molecule has 2 N–H and O–H groups in total. The quantitative estimate of drug-likeness (QED) is 0.217. The maximum atomic E-state index is 13.8. The molecule has 0 aromatic heterocycles. The number of phenols is 1. The van der Waals surface area contributed by atoms with Crippen molar-refractivity contribution in [2.45, 2.75) is 58.2 Å². The Labute approximate surface area is 231 Å². The van der Waals surface area contributed by atoms with Crippen molar-refractivity contribution in [2.24, 2.45) is 0 Å². The van der Waals surface area contributed by atoms with E-state index in [1.807, 2.05) is 0 Å². The SMILES string of the molecule is CC(C(=O)O)c1ccc(-c2ccc(OCc3ccc(C(F)(F)F)c(O)c3C(=O)OC(C)(C)C)cc2)c(C(F)(F)F)c1. The number of aliphatic carboxylic acids is 1. The Kier molecular flexibility index (Phi) is 8.66. The van der Waals surface area contributed by atoms with Crippen molar-refractivity contribution < 1.29 is 55.6 Å². The minimum Gasteiger partial charge on any atom is -0.506 e. The number of alkyl halides is 6. The fraction of sp³-hybridized carbons (Fsp3) is 0.310. The van der Waals surface area contributed by atoms with E-state index in [-0.39, 0.29) is 28.0 Å². The summed E-state index contributed by atoms with van der Waals surface area (Å²) in [7, 11) is 0. The van der Waals surface area contributed by atoms with Gasteiger partial charge in [0.15, 0.2) is 0 Å². The van der Waals surface area contributed by atoms with Gasteiger partial charge in [-0.05, 0) is 68.7 Å². The summed E-state index contributed by atoms with van der Waals surface area (Å²) < 4.78 is 92.2. The van der Waals surface area contributed by atoms with Gasteiger partial charge in [0, 0.05) is 5.56 Å². The third kappa shape index (κ3) is 7.50. The summed E-state index contributed by atoms with van der Waals surface area (Å²) in [6, 6.07) is 10.1. The largest absolute Gasteiger partial charge is 0.506 e. The predicted octanol–water partition coefficient (Wildman–Crippen LogP) is 7.82. The number of ether oxygens (including phenoxy) is 2. The van der Waals surface area contributed by atoms with E-state index in [4.69, 9.17) is 14.6 Å². The Morgan fingerprint density at radius 3 is 1.95 bits per heavy atom. The van der Waals surface area contributed by atoms with Gasteiger partial charge >= 0.3 is 24.3 Å². The first-order valence-corrected chi connectivity index (χ1v) is 12.1. The van der Waals surface area contributed by atoms with Crippen LogP contribution in [0.15, 0.2) is 54.6 Å². The highest BCUT2D eigenvalue weighted by atomic mass is 19.4. The molecule has 6 nitrogen and oxygen atoms in total. The highest BCUT2D eigenvalue weighted by molar-refractivity contribution is 5.95. The molecule has 1 atom stereocenters. The minimum absolute atomic E-state index is 0.0193. The number of carbonyl (C=O) groups excluding carboxylic acids is 1. The zero-order valence-electron chi connectivity index (χ0n) is 22.3. The number of hydrogen-bond acceptors (Lipinski definition) is 5. The molecule has 0 saturated heterocycles. The van der Waals surface area contributed by atoms with Gasteiger partial charge in [0.25, 0.3) is 0 Å². The number of hydrogen-bond donors (Lipinski definition) is 2. The Hall–Kier alpha value is -4.22. The van der Waals surface area contributed by atoms with E-state index in [2.05, 4.69) is 0 Å². The molecule has 0 bridgehead atoms. The Balaban J connectivity index is 1.92.